The fourth-order valence-corrected chi connectivity index (χ4v) is 11.3. The van der Waals surface area contributed by atoms with Crippen molar-refractivity contribution in [1.29, 1.82) is 0 Å². The highest BCUT2D eigenvalue weighted by molar-refractivity contribution is 7.99. The number of anilines is 2. The van der Waals surface area contributed by atoms with Gasteiger partial charge in [0, 0.05) is 86.7 Å². The summed E-state index contributed by atoms with van der Waals surface area (Å²) in [5.41, 5.74) is -2.18. The Kier molecular flexibility index (Phi) is 16.9. The Balaban J connectivity index is 1.12. The van der Waals surface area contributed by atoms with Crippen LogP contribution in [0.25, 0.3) is 0 Å². The average molecular weight is 968 g/mol. The minimum atomic E-state index is -6.07. The van der Waals surface area contributed by atoms with Gasteiger partial charge in [-0.15, -0.1) is 11.8 Å². The molecule has 0 unspecified atom stereocenters. The number of allylic oxidation sites excluding steroid dienone is 2. The lowest BCUT2D eigenvalue weighted by Gasteiger charge is -2.39. The molecule has 19 heteroatoms. The molecule has 356 valence electrons. The molecule has 0 bridgehead atoms. The fourth-order valence-electron chi connectivity index (χ4n) is 8.24. The van der Waals surface area contributed by atoms with Crippen molar-refractivity contribution < 1.29 is 48.3 Å². The van der Waals surface area contributed by atoms with Crippen LogP contribution in [0.3, 0.4) is 0 Å². The largest absolute Gasteiger partial charge is 0.501 e. The Morgan fingerprint density at radius 3 is 2.22 bits per heavy atom. The summed E-state index contributed by atoms with van der Waals surface area (Å²) in [6.45, 7) is 15.0. The summed E-state index contributed by atoms with van der Waals surface area (Å²) in [6, 6.07) is 17.4. The SMILES string of the molecule is C=C(CCC(F)F)C1=C(CN2CCN(c3ccc(C(=O)NS(=O)(=O)c4ccc(N[C@H](CCN5CCOCC5)CSc5ccccc5)c(S(=O)(=O)C(F)(F)F)c4)cc3)CC2)CCC(C)(C)C1. The van der Waals surface area contributed by atoms with Crippen LogP contribution in [0.1, 0.15) is 62.7 Å². The van der Waals surface area contributed by atoms with Crippen LogP contribution in [0.15, 0.2) is 111 Å². The lowest BCUT2D eigenvalue weighted by molar-refractivity contribution is -0.0435. The number of sulfone groups is 1. The zero-order chi connectivity index (χ0) is 47.0. The molecule has 1 aliphatic carbocycles. The van der Waals surface area contributed by atoms with Crippen molar-refractivity contribution in [3.8, 4) is 0 Å². The number of hydrogen-bond donors (Lipinski definition) is 2. The van der Waals surface area contributed by atoms with Gasteiger partial charge in [-0.25, -0.2) is 30.3 Å². The number of carbonyl (C=O) groups is 1. The van der Waals surface area contributed by atoms with Gasteiger partial charge in [-0.3, -0.25) is 14.6 Å². The van der Waals surface area contributed by atoms with Crippen LogP contribution in [-0.4, -0.2) is 122 Å². The number of ether oxygens (including phenoxy) is 1. The maximum absolute atomic E-state index is 14.2. The van der Waals surface area contributed by atoms with E-state index in [0.717, 1.165) is 72.8 Å². The summed E-state index contributed by atoms with van der Waals surface area (Å²) in [7, 11) is -10.9. The second-order valence-corrected chi connectivity index (χ2v) is 22.2. The van der Waals surface area contributed by atoms with Crippen LogP contribution in [0.4, 0.5) is 33.3 Å². The standard InChI is InChI=1S/C46H58F5N5O6S3/c1-33(9-16-43(47)48)40-30-45(2,3)19-17-35(40)31-55-21-23-56(24-22-55)37-12-10-34(11-13-37)44(57)53-65(60,61)39-14-15-41(42(29-39)64(58,59)46(49,50)51)52-36(18-20-54-25-27-62-28-26-54)32-63-38-7-5-4-6-8-38/h4-8,10-15,29,36,43,52H,1,9,16-28,30-32H2,2-3H3,(H,53,57)/t36-/m1/s1. The van der Waals surface area contributed by atoms with Gasteiger partial charge in [0.1, 0.15) is 4.90 Å². The van der Waals surface area contributed by atoms with Gasteiger partial charge in [-0.05, 0) is 97.7 Å². The molecular formula is C46H58F5N5O6S3. The fraction of sp³-hybridized carbons (Fsp3) is 0.500. The van der Waals surface area contributed by atoms with Gasteiger partial charge in [0.15, 0.2) is 0 Å². The summed E-state index contributed by atoms with van der Waals surface area (Å²) in [5.74, 6) is -0.700. The molecule has 11 nitrogen and oxygen atoms in total. The van der Waals surface area contributed by atoms with E-state index in [-0.39, 0.29) is 23.8 Å². The molecule has 0 saturated carbocycles. The van der Waals surface area contributed by atoms with Crippen molar-refractivity contribution in [2.24, 2.45) is 5.41 Å². The lowest BCUT2D eigenvalue weighted by Crippen LogP contribution is -2.47. The lowest BCUT2D eigenvalue weighted by atomic mass is 9.72. The maximum atomic E-state index is 14.2. The van der Waals surface area contributed by atoms with Crippen LogP contribution in [-0.2, 0) is 24.6 Å². The summed E-state index contributed by atoms with van der Waals surface area (Å²) >= 11 is 1.44. The predicted octanol–water partition coefficient (Wildman–Crippen LogP) is 8.62. The zero-order valence-corrected chi connectivity index (χ0v) is 39.2. The molecule has 2 saturated heterocycles. The van der Waals surface area contributed by atoms with E-state index < -0.39 is 59.2 Å². The molecule has 2 aliphatic heterocycles. The minimum absolute atomic E-state index is 0.0387. The first-order valence-corrected chi connectivity index (χ1v) is 25.7. The first-order valence-electron chi connectivity index (χ1n) is 21.7. The van der Waals surface area contributed by atoms with Crippen LogP contribution in [0, 0.1) is 5.41 Å². The van der Waals surface area contributed by atoms with E-state index >= 15 is 0 Å². The number of nitrogens with zero attached hydrogens (tertiary/aromatic N) is 3. The first-order chi connectivity index (χ1) is 30.7. The molecule has 1 amide bonds. The van der Waals surface area contributed by atoms with Gasteiger partial charge in [-0.1, -0.05) is 49.8 Å². The Hall–Kier alpha value is -4.01. The third-order valence-electron chi connectivity index (χ3n) is 12.1. The molecule has 3 aliphatic rings. The molecule has 0 radical (unpaired) electrons. The molecule has 2 heterocycles. The molecule has 1 atom stereocenters. The van der Waals surface area contributed by atoms with Crippen LogP contribution in [0.5, 0.6) is 0 Å². The Labute approximate surface area is 383 Å². The molecule has 2 N–H and O–H groups in total. The number of thioether (sulfide) groups is 1. The summed E-state index contributed by atoms with van der Waals surface area (Å²) in [5, 5.41) is 2.98. The topological polar surface area (TPSA) is 128 Å². The molecule has 3 aromatic rings. The van der Waals surface area contributed by atoms with Crippen molar-refractivity contribution in [1.82, 2.24) is 14.5 Å². The Bertz CT molecular complexity index is 2370. The van der Waals surface area contributed by atoms with Crippen molar-refractivity contribution in [2.75, 3.05) is 81.5 Å². The van der Waals surface area contributed by atoms with Crippen molar-refractivity contribution in [2.45, 2.75) is 85.0 Å². The first kappa shape index (κ1) is 50.4. The smallest absolute Gasteiger partial charge is 0.380 e. The molecule has 65 heavy (non-hydrogen) atoms. The van der Waals surface area contributed by atoms with Gasteiger partial charge in [0.2, 0.25) is 6.43 Å². The second-order valence-electron chi connectivity index (χ2n) is 17.5. The van der Waals surface area contributed by atoms with Crippen LogP contribution >= 0.6 is 11.8 Å². The number of carbonyl (C=O) groups excluding carboxylic acids is 1. The number of rotatable bonds is 19. The highest BCUT2D eigenvalue weighted by Crippen LogP contribution is 2.43. The van der Waals surface area contributed by atoms with Gasteiger partial charge >= 0.3 is 5.51 Å². The van der Waals surface area contributed by atoms with E-state index in [4.69, 9.17) is 4.74 Å². The molecule has 2 fully saturated rings. The minimum Gasteiger partial charge on any atom is -0.380 e. The van der Waals surface area contributed by atoms with E-state index in [1.807, 2.05) is 35.1 Å². The number of halogens is 5. The summed E-state index contributed by atoms with van der Waals surface area (Å²) in [4.78, 5) is 18.7. The average Bonchev–Trinajstić information content (AvgIpc) is 3.27. The van der Waals surface area contributed by atoms with Gasteiger partial charge in [0.25, 0.3) is 25.8 Å². The van der Waals surface area contributed by atoms with E-state index in [0.29, 0.717) is 64.2 Å². The van der Waals surface area contributed by atoms with Gasteiger partial charge in [0.05, 0.1) is 23.8 Å². The summed E-state index contributed by atoms with van der Waals surface area (Å²) < 4.78 is 129. The van der Waals surface area contributed by atoms with Crippen LogP contribution < -0.4 is 14.9 Å². The number of benzene rings is 3. The number of hydrogen-bond acceptors (Lipinski definition) is 11. The van der Waals surface area contributed by atoms with Crippen molar-refractivity contribution >= 4 is 48.9 Å². The van der Waals surface area contributed by atoms with E-state index in [1.54, 1.807) is 12.1 Å². The number of morpholine rings is 1. The van der Waals surface area contributed by atoms with Crippen molar-refractivity contribution in [3.63, 3.8) is 0 Å². The number of amides is 1. The van der Waals surface area contributed by atoms with Crippen LogP contribution in [0.2, 0.25) is 0 Å². The summed E-state index contributed by atoms with van der Waals surface area (Å²) in [6.07, 6.45) is 0.818. The normalized spacial score (nSPS) is 18.4. The second kappa shape index (κ2) is 21.7. The third kappa shape index (κ3) is 13.8. The Morgan fingerprint density at radius 2 is 1.57 bits per heavy atom. The molecule has 3 aromatic carbocycles. The van der Waals surface area contributed by atoms with Crippen molar-refractivity contribution in [3.05, 3.63) is 102 Å². The zero-order valence-electron chi connectivity index (χ0n) is 36.7. The van der Waals surface area contributed by atoms with E-state index in [1.165, 1.54) is 29.5 Å². The van der Waals surface area contributed by atoms with E-state index in [9.17, 15) is 43.6 Å². The number of sulfonamides is 1. The quantitative estimate of drug-likeness (QED) is 0.0886. The van der Waals surface area contributed by atoms with Gasteiger partial charge in [-0.2, -0.15) is 13.2 Å². The number of alkyl halides is 5. The number of piperazine rings is 1. The molecular weight excluding hydrogens is 910 g/mol. The highest BCUT2D eigenvalue weighted by Gasteiger charge is 2.48. The highest BCUT2D eigenvalue weighted by atomic mass is 32.2. The van der Waals surface area contributed by atoms with E-state index in [2.05, 4.69) is 40.4 Å². The molecule has 0 aromatic heterocycles. The monoisotopic (exact) mass is 967 g/mol. The third-order valence-corrected chi connectivity index (χ3v) is 16.1. The van der Waals surface area contributed by atoms with Gasteiger partial charge < -0.3 is 15.0 Å². The Morgan fingerprint density at radius 1 is 0.892 bits per heavy atom. The molecule has 6 rings (SSSR count). The maximum Gasteiger partial charge on any atom is 0.501 e. The molecule has 0 spiro atoms. The predicted molar refractivity (Wildman–Crippen MR) is 245 cm³/mol. The number of nitrogens with one attached hydrogen (secondary N) is 2.